The standard InChI is InChI=1S/C19H20F4/c1-18(2,3)16-10-8-14(9-11-16)13-4-6-15(7-5-13)17(20)12-19(21,22)23/h4-11,17H,12H2,1-3H3. The smallest absolute Gasteiger partial charge is 0.242 e. The van der Waals surface area contributed by atoms with Crippen molar-refractivity contribution in [2.45, 2.75) is 45.0 Å². The Labute approximate surface area is 134 Å². The normalized spacial score (nSPS) is 13.9. The lowest BCUT2D eigenvalue weighted by atomic mass is 9.86. The zero-order chi connectivity index (χ0) is 17.3. The van der Waals surface area contributed by atoms with E-state index < -0.39 is 18.8 Å². The van der Waals surface area contributed by atoms with Gasteiger partial charge < -0.3 is 0 Å². The van der Waals surface area contributed by atoms with Gasteiger partial charge in [-0.15, -0.1) is 0 Å². The number of hydrogen-bond donors (Lipinski definition) is 0. The van der Waals surface area contributed by atoms with Crippen molar-refractivity contribution in [3.05, 3.63) is 59.7 Å². The molecule has 0 aromatic heterocycles. The summed E-state index contributed by atoms with van der Waals surface area (Å²) in [6.45, 7) is 6.37. The average molecular weight is 324 g/mol. The zero-order valence-electron chi connectivity index (χ0n) is 13.4. The molecule has 23 heavy (non-hydrogen) atoms. The molecule has 0 fully saturated rings. The van der Waals surface area contributed by atoms with Crippen molar-refractivity contribution >= 4 is 0 Å². The molecule has 2 rings (SSSR count). The topological polar surface area (TPSA) is 0 Å². The van der Waals surface area contributed by atoms with Crippen LogP contribution in [0, 0.1) is 0 Å². The second-order valence-corrected chi connectivity index (χ2v) is 6.74. The number of hydrogen-bond acceptors (Lipinski definition) is 0. The molecule has 1 unspecified atom stereocenters. The highest BCUT2D eigenvalue weighted by Crippen LogP contribution is 2.33. The maximum absolute atomic E-state index is 13.6. The Balaban J connectivity index is 2.16. The molecule has 4 heteroatoms. The van der Waals surface area contributed by atoms with E-state index in [1.807, 2.05) is 24.3 Å². The Hall–Kier alpha value is -1.84. The van der Waals surface area contributed by atoms with Crippen LogP contribution in [-0.4, -0.2) is 6.18 Å². The molecule has 2 aromatic carbocycles. The number of benzene rings is 2. The Kier molecular flexibility index (Phi) is 4.83. The summed E-state index contributed by atoms with van der Waals surface area (Å²) in [6, 6.07) is 14.2. The van der Waals surface area contributed by atoms with E-state index in [4.69, 9.17) is 0 Å². The van der Waals surface area contributed by atoms with E-state index in [9.17, 15) is 17.6 Å². The van der Waals surface area contributed by atoms with Gasteiger partial charge in [-0.05, 0) is 27.7 Å². The van der Waals surface area contributed by atoms with Crippen molar-refractivity contribution in [1.82, 2.24) is 0 Å². The van der Waals surface area contributed by atoms with Gasteiger partial charge in [-0.2, -0.15) is 13.2 Å². The highest BCUT2D eigenvalue weighted by Gasteiger charge is 2.32. The molecule has 0 aliphatic heterocycles. The van der Waals surface area contributed by atoms with Gasteiger partial charge in [0.15, 0.2) is 0 Å². The van der Waals surface area contributed by atoms with E-state index in [2.05, 4.69) is 20.8 Å². The number of halogens is 4. The molecular formula is C19H20F4. The maximum Gasteiger partial charge on any atom is 0.392 e. The third-order valence-corrected chi connectivity index (χ3v) is 3.77. The first kappa shape index (κ1) is 17.5. The highest BCUT2D eigenvalue weighted by molar-refractivity contribution is 5.64. The van der Waals surface area contributed by atoms with Crippen LogP contribution in [0.25, 0.3) is 11.1 Å². The molecule has 0 aliphatic rings. The minimum atomic E-state index is -4.50. The van der Waals surface area contributed by atoms with Crippen LogP contribution in [0.4, 0.5) is 17.6 Å². The first-order valence-electron chi connectivity index (χ1n) is 7.48. The molecule has 1 atom stereocenters. The predicted molar refractivity (Wildman–Crippen MR) is 85.1 cm³/mol. The van der Waals surface area contributed by atoms with Gasteiger partial charge >= 0.3 is 6.18 Å². The monoisotopic (exact) mass is 324 g/mol. The lowest BCUT2D eigenvalue weighted by Crippen LogP contribution is -2.11. The highest BCUT2D eigenvalue weighted by atomic mass is 19.4. The zero-order valence-corrected chi connectivity index (χ0v) is 13.4. The molecule has 0 heterocycles. The average Bonchev–Trinajstić information content (AvgIpc) is 2.45. The van der Waals surface area contributed by atoms with Crippen LogP contribution >= 0.6 is 0 Å². The van der Waals surface area contributed by atoms with Crippen LogP contribution in [0.2, 0.25) is 0 Å². The molecule has 0 amide bonds. The minimum Gasteiger partial charge on any atom is -0.242 e. The largest absolute Gasteiger partial charge is 0.392 e. The molecule has 124 valence electrons. The summed E-state index contributed by atoms with van der Waals surface area (Å²) in [6.07, 6.45) is -7.97. The van der Waals surface area contributed by atoms with Gasteiger partial charge in [0.25, 0.3) is 0 Å². The fraction of sp³-hybridized carbons (Fsp3) is 0.368. The van der Waals surface area contributed by atoms with E-state index in [-0.39, 0.29) is 11.0 Å². The van der Waals surface area contributed by atoms with Gasteiger partial charge in [0.05, 0.1) is 6.42 Å². The molecule has 0 nitrogen and oxygen atoms in total. The van der Waals surface area contributed by atoms with Crippen molar-refractivity contribution in [2.24, 2.45) is 0 Å². The van der Waals surface area contributed by atoms with Crippen molar-refractivity contribution in [1.29, 1.82) is 0 Å². The van der Waals surface area contributed by atoms with Gasteiger partial charge in [0, 0.05) is 0 Å². The fourth-order valence-electron chi connectivity index (χ4n) is 2.37. The summed E-state index contributed by atoms with van der Waals surface area (Å²) < 4.78 is 50.3. The lowest BCUT2D eigenvalue weighted by Gasteiger charge is -2.19. The van der Waals surface area contributed by atoms with E-state index in [0.29, 0.717) is 0 Å². The predicted octanol–water partition coefficient (Wildman–Crippen LogP) is 6.61. The van der Waals surface area contributed by atoms with Gasteiger partial charge in [0.2, 0.25) is 0 Å². The van der Waals surface area contributed by atoms with Crippen LogP contribution in [0.1, 0.15) is 44.5 Å². The lowest BCUT2D eigenvalue weighted by molar-refractivity contribution is -0.146. The summed E-state index contributed by atoms with van der Waals surface area (Å²) in [4.78, 5) is 0. The van der Waals surface area contributed by atoms with Gasteiger partial charge in [-0.3, -0.25) is 0 Å². The van der Waals surface area contributed by atoms with Crippen LogP contribution in [0.15, 0.2) is 48.5 Å². The van der Waals surface area contributed by atoms with Gasteiger partial charge in [-0.25, -0.2) is 4.39 Å². The minimum absolute atomic E-state index is 0.0531. The molecule has 0 saturated heterocycles. The van der Waals surface area contributed by atoms with Crippen LogP contribution in [-0.2, 0) is 5.41 Å². The molecule has 0 spiro atoms. The van der Waals surface area contributed by atoms with E-state index in [0.717, 1.165) is 11.1 Å². The van der Waals surface area contributed by atoms with Crippen molar-refractivity contribution in [3.63, 3.8) is 0 Å². The summed E-state index contributed by atoms with van der Waals surface area (Å²) in [5.41, 5.74) is 3.12. The second kappa shape index (κ2) is 6.34. The summed E-state index contributed by atoms with van der Waals surface area (Å²) >= 11 is 0. The Morgan fingerprint density at radius 3 is 1.61 bits per heavy atom. The summed E-state index contributed by atoms with van der Waals surface area (Å²) in [5, 5.41) is 0. The van der Waals surface area contributed by atoms with E-state index in [1.165, 1.54) is 17.7 Å². The quantitative estimate of drug-likeness (QED) is 0.557. The number of rotatable bonds is 3. The third-order valence-electron chi connectivity index (χ3n) is 3.77. The molecule has 0 bridgehead atoms. The van der Waals surface area contributed by atoms with Crippen LogP contribution in [0.3, 0.4) is 0 Å². The SMILES string of the molecule is CC(C)(C)c1ccc(-c2ccc(C(F)CC(F)(F)F)cc2)cc1. The first-order chi connectivity index (χ1) is 10.6. The van der Waals surface area contributed by atoms with Crippen LogP contribution in [0.5, 0.6) is 0 Å². The molecule has 2 aromatic rings. The molecule has 0 radical (unpaired) electrons. The maximum atomic E-state index is 13.6. The Morgan fingerprint density at radius 2 is 1.22 bits per heavy atom. The second-order valence-electron chi connectivity index (χ2n) is 6.74. The van der Waals surface area contributed by atoms with Crippen molar-refractivity contribution in [2.75, 3.05) is 0 Å². The van der Waals surface area contributed by atoms with Crippen molar-refractivity contribution in [3.8, 4) is 11.1 Å². The van der Waals surface area contributed by atoms with Gasteiger partial charge in [0.1, 0.15) is 6.17 Å². The van der Waals surface area contributed by atoms with Gasteiger partial charge in [-0.1, -0.05) is 69.3 Å². The summed E-state index contributed by atoms with van der Waals surface area (Å²) in [7, 11) is 0. The van der Waals surface area contributed by atoms with Crippen molar-refractivity contribution < 1.29 is 17.6 Å². The molecular weight excluding hydrogens is 304 g/mol. The number of alkyl halides is 4. The van der Waals surface area contributed by atoms with Crippen LogP contribution < -0.4 is 0 Å². The molecule has 0 saturated carbocycles. The van der Waals surface area contributed by atoms with E-state index >= 15 is 0 Å². The Morgan fingerprint density at radius 1 is 0.783 bits per heavy atom. The molecule has 0 aliphatic carbocycles. The first-order valence-corrected chi connectivity index (χ1v) is 7.48. The Bertz CT molecular complexity index is 631. The van der Waals surface area contributed by atoms with E-state index in [1.54, 1.807) is 12.1 Å². The summed E-state index contributed by atoms with van der Waals surface area (Å²) in [5.74, 6) is 0. The molecule has 0 N–H and O–H groups in total. The third kappa shape index (κ3) is 4.81. The fourth-order valence-corrected chi connectivity index (χ4v) is 2.37.